The molecular formula is C16H20BrN5O3. The average molecular weight is 410 g/mol. The molecule has 2 rings (SSSR count). The molecule has 1 unspecified atom stereocenters. The lowest BCUT2D eigenvalue weighted by Crippen LogP contribution is -2.29. The van der Waals surface area contributed by atoms with E-state index >= 15 is 0 Å². The van der Waals surface area contributed by atoms with Crippen LogP contribution in [-0.4, -0.2) is 42.5 Å². The van der Waals surface area contributed by atoms with Gasteiger partial charge in [-0.3, -0.25) is 9.79 Å². The van der Waals surface area contributed by atoms with Crippen LogP contribution in [0, 0.1) is 0 Å². The number of nitrogens with one attached hydrogen (secondary N) is 1. The molecule has 1 atom stereocenters. The monoisotopic (exact) mass is 409 g/mol. The van der Waals surface area contributed by atoms with Crippen LogP contribution in [0.25, 0.3) is 6.08 Å². The highest BCUT2D eigenvalue weighted by Gasteiger charge is 2.36. The number of hydrogen-bond acceptors (Lipinski definition) is 4. The lowest BCUT2D eigenvalue weighted by molar-refractivity contribution is -0.125. The third kappa shape index (κ3) is 4.96. The van der Waals surface area contributed by atoms with Crippen molar-refractivity contribution in [2.24, 2.45) is 16.5 Å². The maximum absolute atomic E-state index is 12.3. The van der Waals surface area contributed by atoms with E-state index in [2.05, 4.69) is 26.2 Å². The quantitative estimate of drug-likeness (QED) is 0.271. The van der Waals surface area contributed by atoms with Gasteiger partial charge in [0.2, 0.25) is 0 Å². The Kier molecular flexibility index (Phi) is 6.40. The molecule has 25 heavy (non-hydrogen) atoms. The summed E-state index contributed by atoms with van der Waals surface area (Å²) in [5.74, 6) is 0.420. The van der Waals surface area contributed by atoms with Crippen molar-refractivity contribution in [2.45, 2.75) is 18.9 Å². The molecule has 0 saturated carbocycles. The average Bonchev–Trinajstić information content (AvgIpc) is 2.83. The van der Waals surface area contributed by atoms with E-state index in [1.54, 1.807) is 19.3 Å². The number of carbonyl (C=O) groups excluding carboxylic acids is 2. The largest absolute Gasteiger partial charge is 0.496 e. The predicted octanol–water partition coefficient (Wildman–Crippen LogP) is 1.40. The summed E-state index contributed by atoms with van der Waals surface area (Å²) in [4.78, 5) is 29.2. The van der Waals surface area contributed by atoms with E-state index in [0.29, 0.717) is 25.1 Å². The SMILES string of the molecule is COc1ccc(/C=C/N2C(=O)NC(CCCN=C(N)N)C2=O)cc1Br. The predicted molar refractivity (Wildman–Crippen MR) is 98.8 cm³/mol. The first-order chi connectivity index (χ1) is 11.9. The third-order valence-electron chi connectivity index (χ3n) is 3.59. The van der Waals surface area contributed by atoms with Gasteiger partial charge < -0.3 is 21.5 Å². The van der Waals surface area contributed by atoms with Crippen LogP contribution in [0.4, 0.5) is 4.79 Å². The van der Waals surface area contributed by atoms with Crippen LogP contribution in [0.1, 0.15) is 18.4 Å². The number of urea groups is 1. The number of guanidine groups is 1. The molecule has 3 amide bonds. The van der Waals surface area contributed by atoms with E-state index in [1.165, 1.54) is 6.20 Å². The van der Waals surface area contributed by atoms with Crippen LogP contribution in [0.15, 0.2) is 33.9 Å². The summed E-state index contributed by atoms with van der Waals surface area (Å²) >= 11 is 3.39. The minimum atomic E-state index is -0.561. The number of imide groups is 1. The summed E-state index contributed by atoms with van der Waals surface area (Å²) in [5.41, 5.74) is 11.3. The molecule has 1 fully saturated rings. The fraction of sp³-hybridized carbons (Fsp3) is 0.312. The Labute approximate surface area is 154 Å². The number of ether oxygens (including phenoxy) is 1. The van der Waals surface area contributed by atoms with Gasteiger partial charge in [0.25, 0.3) is 5.91 Å². The second kappa shape index (κ2) is 8.52. The Hall–Kier alpha value is -2.55. The zero-order valence-electron chi connectivity index (χ0n) is 13.7. The molecule has 8 nitrogen and oxygen atoms in total. The van der Waals surface area contributed by atoms with Crippen LogP contribution < -0.4 is 21.5 Å². The van der Waals surface area contributed by atoms with Crippen LogP contribution in [0.2, 0.25) is 0 Å². The first kappa shape index (κ1) is 18.8. The topological polar surface area (TPSA) is 123 Å². The van der Waals surface area contributed by atoms with Gasteiger partial charge in [-0.25, -0.2) is 9.69 Å². The van der Waals surface area contributed by atoms with Crippen LogP contribution in [0.5, 0.6) is 5.75 Å². The first-order valence-corrected chi connectivity index (χ1v) is 8.42. The second-order valence-electron chi connectivity index (χ2n) is 5.37. The summed E-state index contributed by atoms with van der Waals surface area (Å²) in [5, 5.41) is 2.65. The normalized spacial score (nSPS) is 17.0. The molecule has 1 aromatic rings. The third-order valence-corrected chi connectivity index (χ3v) is 4.21. The van der Waals surface area contributed by atoms with Crippen LogP contribution in [-0.2, 0) is 4.79 Å². The standard InChI is InChI=1S/C16H20BrN5O3/c1-25-13-5-4-10(9-11(13)17)6-8-22-14(23)12(21-16(22)24)3-2-7-20-15(18)19/h4-6,8-9,12H,2-3,7H2,1H3,(H,21,24)(H4,18,19,20)/b8-6+. The van der Waals surface area contributed by atoms with Gasteiger partial charge in [-0.2, -0.15) is 0 Å². The minimum Gasteiger partial charge on any atom is -0.496 e. The van der Waals surface area contributed by atoms with Crippen molar-refractivity contribution in [3.63, 3.8) is 0 Å². The van der Waals surface area contributed by atoms with E-state index in [0.717, 1.165) is 14.9 Å². The van der Waals surface area contributed by atoms with Gasteiger partial charge in [0.1, 0.15) is 11.8 Å². The zero-order chi connectivity index (χ0) is 18.4. The van der Waals surface area contributed by atoms with Gasteiger partial charge in [-0.05, 0) is 52.5 Å². The number of halogens is 1. The molecular weight excluding hydrogens is 390 g/mol. The molecule has 0 spiro atoms. The first-order valence-electron chi connectivity index (χ1n) is 7.63. The van der Waals surface area contributed by atoms with E-state index in [-0.39, 0.29) is 11.9 Å². The van der Waals surface area contributed by atoms with Crippen LogP contribution >= 0.6 is 15.9 Å². The summed E-state index contributed by atoms with van der Waals surface area (Å²) in [6, 6.07) is 4.45. The van der Waals surface area contributed by atoms with Crippen molar-refractivity contribution in [1.29, 1.82) is 0 Å². The van der Waals surface area contributed by atoms with Gasteiger partial charge in [0.15, 0.2) is 5.96 Å². The zero-order valence-corrected chi connectivity index (χ0v) is 15.3. The van der Waals surface area contributed by atoms with Gasteiger partial charge in [-0.15, -0.1) is 0 Å². The summed E-state index contributed by atoms with van der Waals surface area (Å²) in [6.07, 6.45) is 4.21. The van der Waals surface area contributed by atoms with Gasteiger partial charge in [0.05, 0.1) is 11.6 Å². The van der Waals surface area contributed by atoms with Crippen molar-refractivity contribution in [2.75, 3.05) is 13.7 Å². The summed E-state index contributed by atoms with van der Waals surface area (Å²) < 4.78 is 5.95. The number of nitrogens with zero attached hydrogens (tertiary/aromatic N) is 2. The number of hydrogen-bond donors (Lipinski definition) is 3. The molecule has 1 heterocycles. The molecule has 5 N–H and O–H groups in total. The molecule has 9 heteroatoms. The van der Waals surface area contributed by atoms with E-state index < -0.39 is 12.1 Å². The van der Waals surface area contributed by atoms with Crippen molar-refractivity contribution < 1.29 is 14.3 Å². The molecule has 0 radical (unpaired) electrons. The molecule has 1 aliphatic rings. The lowest BCUT2D eigenvalue weighted by Gasteiger charge is -2.08. The molecule has 0 aromatic heterocycles. The number of carbonyl (C=O) groups is 2. The fourth-order valence-electron chi connectivity index (χ4n) is 2.34. The molecule has 0 bridgehead atoms. The summed E-state index contributed by atoms with van der Waals surface area (Å²) in [7, 11) is 1.58. The van der Waals surface area contributed by atoms with E-state index in [9.17, 15) is 9.59 Å². The van der Waals surface area contributed by atoms with Crippen LogP contribution in [0.3, 0.4) is 0 Å². The number of benzene rings is 1. The smallest absolute Gasteiger partial charge is 0.328 e. The Balaban J connectivity index is 1.97. The van der Waals surface area contributed by atoms with Crippen molar-refractivity contribution in [1.82, 2.24) is 10.2 Å². The van der Waals surface area contributed by atoms with Gasteiger partial charge >= 0.3 is 6.03 Å². The Bertz CT molecular complexity index is 716. The van der Waals surface area contributed by atoms with E-state index in [4.69, 9.17) is 16.2 Å². The summed E-state index contributed by atoms with van der Waals surface area (Å²) in [6.45, 7) is 0.414. The van der Waals surface area contributed by atoms with Crippen molar-refractivity contribution in [3.05, 3.63) is 34.4 Å². The minimum absolute atomic E-state index is 0.0111. The lowest BCUT2D eigenvalue weighted by atomic mass is 10.1. The highest BCUT2D eigenvalue weighted by atomic mass is 79.9. The highest BCUT2D eigenvalue weighted by molar-refractivity contribution is 9.10. The van der Waals surface area contributed by atoms with Gasteiger partial charge in [-0.1, -0.05) is 6.07 Å². The molecule has 134 valence electrons. The maximum Gasteiger partial charge on any atom is 0.328 e. The molecule has 1 saturated heterocycles. The molecule has 1 aromatic carbocycles. The second-order valence-corrected chi connectivity index (χ2v) is 6.22. The number of amides is 3. The van der Waals surface area contributed by atoms with Crippen molar-refractivity contribution >= 4 is 39.9 Å². The molecule has 1 aliphatic heterocycles. The molecule has 0 aliphatic carbocycles. The maximum atomic E-state index is 12.3. The number of methoxy groups -OCH3 is 1. The number of nitrogens with two attached hydrogens (primary N) is 2. The Morgan fingerprint density at radius 3 is 2.84 bits per heavy atom. The Morgan fingerprint density at radius 2 is 2.20 bits per heavy atom. The van der Waals surface area contributed by atoms with Crippen molar-refractivity contribution in [3.8, 4) is 5.75 Å². The fourth-order valence-corrected chi connectivity index (χ4v) is 2.89. The number of rotatable bonds is 7. The van der Waals surface area contributed by atoms with Gasteiger partial charge in [0, 0.05) is 12.7 Å². The number of aliphatic imine (C=N–C) groups is 1. The highest BCUT2D eigenvalue weighted by Crippen LogP contribution is 2.26. The van der Waals surface area contributed by atoms with E-state index in [1.807, 2.05) is 12.1 Å². The Morgan fingerprint density at radius 1 is 1.44 bits per heavy atom.